The van der Waals surface area contributed by atoms with Gasteiger partial charge in [0.05, 0.1) is 23.2 Å². The Morgan fingerprint density at radius 3 is 2.33 bits per heavy atom. The number of fused-ring (bicyclic) bond motifs is 2. The molecule has 4 aliphatic rings. The number of cyclic esters (lactones) is 1. The summed E-state index contributed by atoms with van der Waals surface area (Å²) < 4.78 is 17.4. The van der Waals surface area contributed by atoms with Crippen molar-refractivity contribution in [2.45, 2.75) is 89.0 Å². The fraction of sp³-hybridized carbons (Fsp3) is 0.621. The summed E-state index contributed by atoms with van der Waals surface area (Å²) in [4.78, 5) is 39.2. The van der Waals surface area contributed by atoms with E-state index in [0.29, 0.717) is 24.0 Å². The highest BCUT2D eigenvalue weighted by Crippen LogP contribution is 2.74. The van der Waals surface area contributed by atoms with E-state index in [9.17, 15) is 34.8 Å². The van der Waals surface area contributed by atoms with Crippen LogP contribution >= 0.6 is 0 Å². The standard InChI is InChI=1S/C29H36O10/c1-15-11-12-27-20(15)29(36,24(34)39-25(27,3)4)26(5)18(31)13-19(32)28(35,14-37-16(2)30)21(26)22(27)38-23(33)17-9-7-6-8-10-17/h6-10,18-19,21-22,31-32,35-36H,11-14H2,1-5H3/t18-,19-,21-,22-,26+,27-,28-,29-/m0/s1. The lowest BCUT2D eigenvalue weighted by Gasteiger charge is -2.71. The summed E-state index contributed by atoms with van der Waals surface area (Å²) in [6, 6.07) is 8.21. The minimum atomic E-state index is -2.42. The summed E-state index contributed by atoms with van der Waals surface area (Å²) in [5.41, 5.74) is -8.07. The first kappa shape index (κ1) is 27.8. The minimum Gasteiger partial charge on any atom is -0.463 e. The number of carbonyl (C=O) groups is 3. The van der Waals surface area contributed by atoms with Gasteiger partial charge in [-0.25, -0.2) is 9.59 Å². The van der Waals surface area contributed by atoms with Gasteiger partial charge in [0.25, 0.3) is 0 Å². The molecular formula is C29H36O10. The van der Waals surface area contributed by atoms with Gasteiger partial charge >= 0.3 is 17.9 Å². The zero-order valence-electron chi connectivity index (χ0n) is 22.8. The highest BCUT2D eigenvalue weighted by molar-refractivity contribution is 5.91. The molecule has 39 heavy (non-hydrogen) atoms. The van der Waals surface area contributed by atoms with Gasteiger partial charge in [-0.3, -0.25) is 4.79 Å². The molecule has 4 N–H and O–H groups in total. The molecule has 1 heterocycles. The van der Waals surface area contributed by atoms with Gasteiger partial charge in [-0.05, 0) is 51.3 Å². The molecule has 0 spiro atoms. The van der Waals surface area contributed by atoms with Crippen LogP contribution in [0.4, 0.5) is 0 Å². The third-order valence-corrected chi connectivity index (χ3v) is 10.1. The Hall–Kier alpha value is -2.79. The molecule has 1 aromatic carbocycles. The van der Waals surface area contributed by atoms with E-state index < -0.39 is 82.8 Å². The van der Waals surface area contributed by atoms with Crippen molar-refractivity contribution in [3.63, 3.8) is 0 Å². The van der Waals surface area contributed by atoms with Crippen molar-refractivity contribution < 1.29 is 49.0 Å². The van der Waals surface area contributed by atoms with Crippen LogP contribution in [0.2, 0.25) is 0 Å². The third-order valence-electron chi connectivity index (χ3n) is 10.1. The van der Waals surface area contributed by atoms with Crippen LogP contribution in [0.15, 0.2) is 41.5 Å². The highest BCUT2D eigenvalue weighted by Gasteiger charge is 2.85. The van der Waals surface area contributed by atoms with Crippen molar-refractivity contribution in [1.29, 1.82) is 0 Å². The molecule has 1 aliphatic heterocycles. The summed E-state index contributed by atoms with van der Waals surface area (Å²) >= 11 is 0. The third kappa shape index (κ3) is 3.32. The van der Waals surface area contributed by atoms with Crippen molar-refractivity contribution in [1.82, 2.24) is 0 Å². The first-order valence-electron chi connectivity index (χ1n) is 13.2. The van der Waals surface area contributed by atoms with Gasteiger partial charge in [-0.1, -0.05) is 30.7 Å². The maximum atomic E-state index is 13.8. The average Bonchev–Trinajstić information content (AvgIpc) is 3.24. The van der Waals surface area contributed by atoms with Gasteiger partial charge < -0.3 is 34.6 Å². The summed E-state index contributed by atoms with van der Waals surface area (Å²) in [5, 5.41) is 47.5. The normalized spacial score (nSPS) is 42.2. The van der Waals surface area contributed by atoms with Crippen LogP contribution in [0, 0.1) is 16.7 Å². The first-order chi connectivity index (χ1) is 18.1. The van der Waals surface area contributed by atoms with E-state index in [4.69, 9.17) is 14.2 Å². The number of aliphatic hydroxyl groups is 4. The number of carbonyl (C=O) groups excluding carboxylic acids is 3. The van der Waals surface area contributed by atoms with Crippen molar-refractivity contribution in [2.75, 3.05) is 6.61 Å². The minimum absolute atomic E-state index is 0.225. The van der Waals surface area contributed by atoms with E-state index in [1.165, 1.54) is 6.92 Å². The van der Waals surface area contributed by atoms with Crippen LogP contribution in [0.25, 0.3) is 0 Å². The monoisotopic (exact) mass is 544 g/mol. The SMILES string of the molecule is CC(=O)OC[C@@]1(O)[C@H]2[C@H](OC(=O)c3ccccc3)[C@]34CCC(C)=C3[C@](O)(C(=O)OC4(C)C)[C@]2(C)[C@@H](O)C[C@@H]1O. The van der Waals surface area contributed by atoms with Gasteiger partial charge in [0.15, 0.2) is 5.60 Å². The smallest absolute Gasteiger partial charge is 0.343 e. The quantitative estimate of drug-likeness (QED) is 0.248. The lowest BCUT2D eigenvalue weighted by Crippen LogP contribution is -2.85. The second kappa shape index (κ2) is 8.60. The van der Waals surface area contributed by atoms with Crippen LogP contribution in [0.5, 0.6) is 0 Å². The molecule has 1 saturated heterocycles. The molecule has 0 unspecified atom stereocenters. The Balaban J connectivity index is 1.82. The average molecular weight is 545 g/mol. The molecule has 8 atom stereocenters. The topological polar surface area (TPSA) is 160 Å². The van der Waals surface area contributed by atoms with Crippen molar-refractivity contribution in [2.24, 2.45) is 16.7 Å². The molecule has 2 bridgehead atoms. The number of benzene rings is 1. The second-order valence-corrected chi connectivity index (χ2v) is 12.2. The molecule has 10 heteroatoms. The molecule has 212 valence electrons. The van der Waals surface area contributed by atoms with Gasteiger partial charge in [0, 0.05) is 24.7 Å². The number of rotatable bonds is 4. The van der Waals surface area contributed by atoms with Crippen LogP contribution in [-0.4, -0.2) is 80.1 Å². The number of allylic oxidation sites excluding steroid dienone is 1. The Morgan fingerprint density at radius 2 is 1.72 bits per heavy atom. The predicted molar refractivity (Wildman–Crippen MR) is 135 cm³/mol. The molecule has 0 aromatic heterocycles. The molecule has 2 saturated carbocycles. The van der Waals surface area contributed by atoms with E-state index in [1.54, 1.807) is 51.1 Å². The van der Waals surface area contributed by atoms with E-state index in [1.807, 2.05) is 0 Å². The van der Waals surface area contributed by atoms with E-state index >= 15 is 0 Å². The highest BCUT2D eigenvalue weighted by atomic mass is 16.6. The molecule has 0 amide bonds. The summed E-state index contributed by atoms with van der Waals surface area (Å²) in [7, 11) is 0. The number of hydrogen-bond donors (Lipinski definition) is 4. The maximum absolute atomic E-state index is 13.8. The number of esters is 3. The molecule has 5 rings (SSSR count). The summed E-state index contributed by atoms with van der Waals surface area (Å²) in [6.45, 7) is 6.97. The van der Waals surface area contributed by atoms with Crippen molar-refractivity contribution in [3.05, 3.63) is 47.0 Å². The molecule has 0 radical (unpaired) electrons. The van der Waals surface area contributed by atoms with Crippen LogP contribution in [0.3, 0.4) is 0 Å². The molecule has 3 fully saturated rings. The molecular weight excluding hydrogens is 508 g/mol. The molecule has 3 aliphatic carbocycles. The van der Waals surface area contributed by atoms with Crippen molar-refractivity contribution in [3.8, 4) is 0 Å². The second-order valence-electron chi connectivity index (χ2n) is 12.2. The van der Waals surface area contributed by atoms with Crippen LogP contribution in [0.1, 0.15) is 64.2 Å². The van der Waals surface area contributed by atoms with Gasteiger partial charge in [-0.15, -0.1) is 0 Å². The predicted octanol–water partition coefficient (Wildman–Crippen LogP) is 1.43. The Labute approximate surface area is 226 Å². The summed E-state index contributed by atoms with van der Waals surface area (Å²) in [6.07, 6.45) is -4.20. The zero-order chi connectivity index (χ0) is 28.8. The summed E-state index contributed by atoms with van der Waals surface area (Å²) in [5.74, 6) is -3.91. The Kier molecular flexibility index (Phi) is 6.12. The van der Waals surface area contributed by atoms with Crippen molar-refractivity contribution >= 4 is 17.9 Å². The maximum Gasteiger partial charge on any atom is 0.343 e. The van der Waals surface area contributed by atoms with Crippen LogP contribution < -0.4 is 0 Å². The van der Waals surface area contributed by atoms with E-state index in [0.717, 1.165) is 6.92 Å². The van der Waals surface area contributed by atoms with Gasteiger partial charge in [0.1, 0.15) is 23.9 Å². The molecule has 10 nitrogen and oxygen atoms in total. The van der Waals surface area contributed by atoms with Gasteiger partial charge in [0.2, 0.25) is 0 Å². The largest absolute Gasteiger partial charge is 0.463 e. The van der Waals surface area contributed by atoms with E-state index in [2.05, 4.69) is 0 Å². The first-order valence-corrected chi connectivity index (χ1v) is 13.2. The van der Waals surface area contributed by atoms with Gasteiger partial charge in [-0.2, -0.15) is 0 Å². The fourth-order valence-corrected chi connectivity index (χ4v) is 8.12. The lowest BCUT2D eigenvalue weighted by atomic mass is 9.38. The number of aliphatic hydroxyl groups excluding tert-OH is 2. The number of hydrogen-bond acceptors (Lipinski definition) is 10. The molecule has 1 aromatic rings. The Morgan fingerprint density at radius 1 is 1.08 bits per heavy atom. The van der Waals surface area contributed by atoms with Crippen LogP contribution in [-0.2, 0) is 23.8 Å². The zero-order valence-corrected chi connectivity index (χ0v) is 22.8. The van der Waals surface area contributed by atoms with E-state index in [-0.39, 0.29) is 5.56 Å². The lowest BCUT2D eigenvalue weighted by molar-refractivity contribution is -0.340. The number of ether oxygens (including phenoxy) is 3. The fourth-order valence-electron chi connectivity index (χ4n) is 8.12. The Bertz CT molecular complexity index is 1260.